The number of rotatable bonds is 7. The van der Waals surface area contributed by atoms with Crippen LogP contribution in [0.5, 0.6) is 0 Å². The zero-order valence-corrected chi connectivity index (χ0v) is 19.9. The molecule has 0 spiro atoms. The average molecular weight is 526 g/mol. The summed E-state index contributed by atoms with van der Waals surface area (Å²) in [6.07, 6.45) is 1.64. The van der Waals surface area contributed by atoms with E-state index in [9.17, 15) is 24.7 Å². The molecule has 16 heteroatoms. The number of hydrogen-bond donors (Lipinski definition) is 4. The Morgan fingerprint density at radius 3 is 2.82 bits per heavy atom. The van der Waals surface area contributed by atoms with Crippen LogP contribution < -0.4 is 11.1 Å². The number of thioether (sulfide) groups is 2. The van der Waals surface area contributed by atoms with Crippen molar-refractivity contribution >= 4 is 74.8 Å². The van der Waals surface area contributed by atoms with E-state index in [0.717, 1.165) is 21.2 Å². The third-order valence-electron chi connectivity index (χ3n) is 4.51. The number of β-lactam (4-membered cyclic amide) rings is 1. The first kappa shape index (κ1) is 23.2. The van der Waals surface area contributed by atoms with Crippen LogP contribution in [0.25, 0.3) is 0 Å². The molecule has 0 saturated carbocycles. The number of aliphatic carboxylic acids is 1. The maximum absolute atomic E-state index is 12.8. The summed E-state index contributed by atoms with van der Waals surface area (Å²) < 4.78 is 0.716. The van der Waals surface area contributed by atoms with Crippen LogP contribution in [-0.2, 0) is 14.4 Å². The summed E-state index contributed by atoms with van der Waals surface area (Å²) in [6.45, 7) is 1.83. The molecule has 2 aromatic rings. The summed E-state index contributed by atoms with van der Waals surface area (Å²) >= 11 is 5.09. The van der Waals surface area contributed by atoms with Crippen LogP contribution in [0.15, 0.2) is 37.6 Å². The fraction of sp³-hybridized carbons (Fsp3) is 0.235. The van der Waals surface area contributed by atoms with Gasteiger partial charge in [-0.2, -0.15) is 0 Å². The SMILES string of the molecule is Cc1nnc(SC=CC2=C(C(=O)O)N3C(=O)C(NC(=O)C(=NO)c4csc(N)n4)C3SC2)s1. The lowest BCUT2D eigenvalue weighted by molar-refractivity contribution is -0.150. The summed E-state index contributed by atoms with van der Waals surface area (Å²) in [7, 11) is 0. The van der Waals surface area contributed by atoms with Gasteiger partial charge in [0.25, 0.3) is 11.8 Å². The number of oxime groups is 1. The van der Waals surface area contributed by atoms with E-state index >= 15 is 0 Å². The average Bonchev–Trinajstić information content (AvgIpc) is 3.39. The lowest BCUT2D eigenvalue weighted by atomic mass is 10.0. The van der Waals surface area contributed by atoms with Crippen molar-refractivity contribution in [2.75, 3.05) is 11.5 Å². The maximum atomic E-state index is 12.8. The van der Waals surface area contributed by atoms with Crippen LogP contribution in [0.2, 0.25) is 0 Å². The van der Waals surface area contributed by atoms with Crippen LogP contribution in [0.1, 0.15) is 10.7 Å². The van der Waals surface area contributed by atoms with Gasteiger partial charge in [0.15, 0.2) is 15.2 Å². The normalized spacial score (nSPS) is 20.7. The zero-order valence-electron chi connectivity index (χ0n) is 16.7. The van der Waals surface area contributed by atoms with E-state index in [1.165, 1.54) is 40.2 Å². The first-order chi connectivity index (χ1) is 15.8. The van der Waals surface area contributed by atoms with E-state index in [0.29, 0.717) is 15.7 Å². The molecule has 0 aromatic carbocycles. The molecule has 33 heavy (non-hydrogen) atoms. The number of nitrogens with one attached hydrogen (secondary N) is 1. The number of nitrogens with zero attached hydrogens (tertiary/aromatic N) is 5. The Bertz CT molecular complexity index is 1220. The number of carbonyl (C=O) groups excluding carboxylic acids is 2. The molecule has 12 nitrogen and oxygen atoms in total. The van der Waals surface area contributed by atoms with E-state index in [1.54, 1.807) is 11.5 Å². The van der Waals surface area contributed by atoms with E-state index < -0.39 is 34.9 Å². The van der Waals surface area contributed by atoms with Gasteiger partial charge >= 0.3 is 5.97 Å². The number of aryl methyl sites for hydroxylation is 1. The number of anilines is 1. The largest absolute Gasteiger partial charge is 0.477 e. The number of allylic oxidation sites excluding steroid dienone is 1. The van der Waals surface area contributed by atoms with Crippen molar-refractivity contribution in [1.29, 1.82) is 0 Å². The summed E-state index contributed by atoms with van der Waals surface area (Å²) in [4.78, 5) is 42.3. The molecule has 2 atom stereocenters. The molecule has 4 rings (SSSR count). The molecular weight excluding hydrogens is 510 g/mol. The van der Waals surface area contributed by atoms with Crippen molar-refractivity contribution in [2.45, 2.75) is 22.7 Å². The quantitative estimate of drug-likeness (QED) is 0.133. The van der Waals surface area contributed by atoms with E-state index in [4.69, 9.17) is 5.73 Å². The number of nitrogen functional groups attached to an aromatic ring is 1. The molecule has 0 radical (unpaired) electrons. The summed E-state index contributed by atoms with van der Waals surface area (Å²) in [5.74, 6) is -2.33. The molecule has 2 aromatic heterocycles. The topological polar surface area (TPSA) is 184 Å². The van der Waals surface area contributed by atoms with Gasteiger partial charge in [-0.25, -0.2) is 9.78 Å². The second kappa shape index (κ2) is 9.50. The predicted octanol–water partition coefficient (Wildman–Crippen LogP) is 1.11. The molecule has 0 bridgehead atoms. The third-order valence-corrected chi connectivity index (χ3v) is 8.22. The number of amides is 2. The smallest absolute Gasteiger partial charge is 0.352 e. The number of carboxylic acid groups (broad SMARTS) is 1. The second-order valence-electron chi connectivity index (χ2n) is 6.57. The van der Waals surface area contributed by atoms with Gasteiger partial charge < -0.3 is 21.4 Å². The third kappa shape index (κ3) is 4.59. The van der Waals surface area contributed by atoms with E-state index in [2.05, 4.69) is 25.7 Å². The van der Waals surface area contributed by atoms with Crippen molar-refractivity contribution in [1.82, 2.24) is 25.4 Å². The molecule has 2 aliphatic rings. The highest BCUT2D eigenvalue weighted by Crippen LogP contribution is 2.41. The van der Waals surface area contributed by atoms with Gasteiger partial charge in [0.2, 0.25) is 0 Å². The van der Waals surface area contributed by atoms with Crippen LogP contribution in [0.4, 0.5) is 5.13 Å². The fourth-order valence-corrected chi connectivity index (χ4v) is 6.53. The number of nitrogens with two attached hydrogens (primary N) is 1. The highest BCUT2D eigenvalue weighted by atomic mass is 32.2. The Hall–Kier alpha value is -2.95. The first-order valence-corrected chi connectivity index (χ1v) is 12.7. The zero-order chi connectivity index (χ0) is 23.7. The van der Waals surface area contributed by atoms with Crippen LogP contribution >= 0.6 is 46.2 Å². The minimum atomic E-state index is -1.25. The molecular formula is C17H15N7O5S4. The van der Waals surface area contributed by atoms with E-state index in [-0.39, 0.29) is 16.5 Å². The molecule has 5 N–H and O–H groups in total. The summed E-state index contributed by atoms with van der Waals surface area (Å²) in [5.41, 5.74) is 5.55. The first-order valence-electron chi connectivity index (χ1n) is 9.09. The van der Waals surface area contributed by atoms with Crippen molar-refractivity contribution < 1.29 is 24.7 Å². The van der Waals surface area contributed by atoms with Crippen molar-refractivity contribution in [3.63, 3.8) is 0 Å². The fourth-order valence-electron chi connectivity index (χ4n) is 3.09. The summed E-state index contributed by atoms with van der Waals surface area (Å²) in [6, 6.07) is -0.978. The number of carbonyl (C=O) groups is 3. The molecule has 0 aliphatic carbocycles. The minimum absolute atomic E-state index is 0.0686. The molecule has 1 fully saturated rings. The van der Waals surface area contributed by atoms with Gasteiger partial charge in [-0.1, -0.05) is 28.3 Å². The highest BCUT2D eigenvalue weighted by molar-refractivity contribution is 8.03. The van der Waals surface area contributed by atoms with E-state index in [1.807, 2.05) is 6.92 Å². The number of fused-ring (bicyclic) bond motifs is 1. The van der Waals surface area contributed by atoms with Crippen LogP contribution in [-0.4, -0.2) is 71.1 Å². The van der Waals surface area contributed by atoms with Crippen molar-refractivity contribution in [2.24, 2.45) is 5.16 Å². The molecule has 172 valence electrons. The van der Waals surface area contributed by atoms with Gasteiger partial charge in [-0.05, 0) is 24.0 Å². The van der Waals surface area contributed by atoms with Crippen LogP contribution in [0.3, 0.4) is 0 Å². The number of carboxylic acids is 1. The lowest BCUT2D eigenvalue weighted by Gasteiger charge is -2.49. The Balaban J connectivity index is 1.48. The second-order valence-corrected chi connectivity index (χ2v) is 10.9. The molecule has 4 heterocycles. The van der Waals surface area contributed by atoms with Gasteiger partial charge in [0.05, 0.1) is 0 Å². The summed E-state index contributed by atoms with van der Waals surface area (Å²) in [5, 5.41) is 35.9. The van der Waals surface area contributed by atoms with Gasteiger partial charge in [0, 0.05) is 11.1 Å². The molecule has 2 amide bonds. The van der Waals surface area contributed by atoms with Crippen LogP contribution in [0, 0.1) is 6.92 Å². The molecule has 2 aliphatic heterocycles. The van der Waals surface area contributed by atoms with Gasteiger partial charge in [-0.3, -0.25) is 14.5 Å². The Labute approximate surface area is 202 Å². The Morgan fingerprint density at radius 1 is 1.42 bits per heavy atom. The monoisotopic (exact) mass is 525 g/mol. The number of hydrogen-bond acceptors (Lipinski definition) is 13. The lowest BCUT2D eigenvalue weighted by Crippen LogP contribution is -2.71. The van der Waals surface area contributed by atoms with Crippen molar-refractivity contribution in [3.8, 4) is 0 Å². The van der Waals surface area contributed by atoms with Gasteiger partial charge in [-0.15, -0.1) is 33.3 Å². The molecule has 1 saturated heterocycles. The Morgan fingerprint density at radius 2 is 2.21 bits per heavy atom. The Kier molecular flexibility index (Phi) is 6.68. The van der Waals surface area contributed by atoms with Crippen molar-refractivity contribution in [3.05, 3.63) is 38.8 Å². The highest BCUT2D eigenvalue weighted by Gasteiger charge is 2.54. The number of thiazole rings is 1. The maximum Gasteiger partial charge on any atom is 0.352 e. The molecule has 2 unspecified atom stereocenters. The number of aromatic nitrogens is 3. The standard InChI is InChI=1S/C17H15N7O5S4/c1-6-21-22-17(33-6)30-3-2-7-4-31-14-10(13(26)24(14)11(7)15(27)28)20-12(25)9(23-29)8-5-32-16(18)19-8/h2-3,5,10,14,29H,4H2,1H3,(H2,18,19)(H,20,25)(H,27,28). The minimum Gasteiger partial charge on any atom is -0.477 e. The van der Waals surface area contributed by atoms with Gasteiger partial charge in [0.1, 0.15) is 27.8 Å². The predicted molar refractivity (Wildman–Crippen MR) is 124 cm³/mol.